The lowest BCUT2D eigenvalue weighted by Gasteiger charge is -2.30. The number of carboxylic acids is 1. The van der Waals surface area contributed by atoms with Crippen molar-refractivity contribution >= 4 is 46.5 Å². The number of alkyl carbamates (subject to hydrolysis) is 1. The van der Waals surface area contributed by atoms with Crippen LogP contribution < -0.4 is 31.7 Å². The van der Waals surface area contributed by atoms with Gasteiger partial charge in [0.05, 0.1) is 0 Å². The summed E-state index contributed by atoms with van der Waals surface area (Å²) in [7, 11) is 0. The molecule has 0 aromatic heterocycles. The van der Waals surface area contributed by atoms with Crippen LogP contribution in [0.4, 0.5) is 4.79 Å². The highest BCUT2D eigenvalue weighted by molar-refractivity contribution is 5.96. The second-order valence-corrected chi connectivity index (χ2v) is 16.5. The van der Waals surface area contributed by atoms with E-state index >= 15 is 0 Å². The van der Waals surface area contributed by atoms with Crippen molar-refractivity contribution in [3.63, 3.8) is 0 Å². The van der Waals surface area contributed by atoms with Crippen LogP contribution in [0.2, 0.25) is 0 Å². The van der Waals surface area contributed by atoms with Gasteiger partial charge in [-0.3, -0.25) is 24.0 Å². The lowest BCUT2D eigenvalue weighted by Crippen LogP contribution is -2.59. The average Bonchev–Trinajstić information content (AvgIpc) is 3.64. The molecule has 314 valence electrons. The number of hydrogen-bond acceptors (Lipinski definition) is 9. The molecule has 7 N–H and O–H groups in total. The number of nitrogens with two attached hydrogens (primary N) is 1. The maximum Gasteiger partial charge on any atom is 0.408 e. The number of aliphatic carboxylic acids is 1. The number of fused-ring (bicyclic) bond motifs is 1. The third kappa shape index (κ3) is 13.7. The van der Waals surface area contributed by atoms with Crippen LogP contribution in [0.15, 0.2) is 66.7 Å². The summed E-state index contributed by atoms with van der Waals surface area (Å²) in [6.45, 7) is 10.7. The third-order valence-corrected chi connectivity index (χ3v) is 9.30. The van der Waals surface area contributed by atoms with Crippen LogP contribution in [0.3, 0.4) is 0 Å². The number of carboxylic acid groups (broad SMARTS) is 1. The number of benzene rings is 3. The summed E-state index contributed by atoms with van der Waals surface area (Å²) in [5, 5.41) is 21.6. The molecule has 1 saturated heterocycles. The SMILES string of the molecule is CC(C)(C)OC(=O)N[C@@H](Cc1ccc(OC(C)(C)C)cc1)C(=O)N[C@H](CCCN)C(=O)N[C@@H](Cc1cccc2ccccc12)C(=O)N1CCC[C@@H]1C(=O)NCC(=O)O. The van der Waals surface area contributed by atoms with Crippen LogP contribution in [0.5, 0.6) is 5.75 Å². The lowest BCUT2D eigenvalue weighted by molar-refractivity contribution is -0.143. The minimum Gasteiger partial charge on any atom is -0.488 e. The molecule has 0 aliphatic carbocycles. The van der Waals surface area contributed by atoms with E-state index in [0.29, 0.717) is 30.6 Å². The van der Waals surface area contributed by atoms with Gasteiger partial charge in [0.2, 0.25) is 23.6 Å². The molecule has 15 heteroatoms. The Morgan fingerprint density at radius 3 is 2.12 bits per heavy atom. The van der Waals surface area contributed by atoms with Crippen molar-refractivity contribution < 1.29 is 43.3 Å². The van der Waals surface area contributed by atoms with Crippen molar-refractivity contribution in [2.24, 2.45) is 5.73 Å². The number of hydrogen-bond donors (Lipinski definition) is 6. The molecule has 15 nitrogen and oxygen atoms in total. The highest BCUT2D eigenvalue weighted by Gasteiger charge is 2.39. The number of nitrogens with zero attached hydrogens (tertiary/aromatic N) is 1. The zero-order valence-electron chi connectivity index (χ0n) is 34.3. The summed E-state index contributed by atoms with van der Waals surface area (Å²) in [6, 6.07) is 15.9. The lowest BCUT2D eigenvalue weighted by atomic mass is 9.97. The molecule has 0 saturated carbocycles. The Bertz CT molecular complexity index is 1920. The molecular weight excluding hydrogens is 745 g/mol. The van der Waals surface area contributed by atoms with Crippen molar-refractivity contribution in [2.45, 2.75) is 115 Å². The van der Waals surface area contributed by atoms with Gasteiger partial charge in [0.25, 0.3) is 0 Å². The zero-order valence-corrected chi connectivity index (χ0v) is 34.3. The highest BCUT2D eigenvalue weighted by Crippen LogP contribution is 2.24. The van der Waals surface area contributed by atoms with E-state index in [2.05, 4.69) is 21.3 Å². The monoisotopic (exact) mass is 802 g/mol. The van der Waals surface area contributed by atoms with Gasteiger partial charge < -0.3 is 46.5 Å². The molecule has 3 aromatic carbocycles. The predicted molar refractivity (Wildman–Crippen MR) is 219 cm³/mol. The van der Waals surface area contributed by atoms with Crippen LogP contribution >= 0.6 is 0 Å². The van der Waals surface area contributed by atoms with Crippen LogP contribution in [0, 0.1) is 0 Å². The van der Waals surface area contributed by atoms with E-state index in [1.165, 1.54) is 4.90 Å². The average molecular weight is 803 g/mol. The first-order valence-corrected chi connectivity index (χ1v) is 19.7. The molecule has 1 aliphatic rings. The molecule has 0 unspecified atom stereocenters. The van der Waals surface area contributed by atoms with Crippen LogP contribution in [-0.4, -0.2) is 101 Å². The van der Waals surface area contributed by atoms with Gasteiger partial charge in [-0.05, 0) is 108 Å². The van der Waals surface area contributed by atoms with Gasteiger partial charge in [0.1, 0.15) is 47.7 Å². The van der Waals surface area contributed by atoms with Gasteiger partial charge in [-0.1, -0.05) is 54.6 Å². The van der Waals surface area contributed by atoms with Gasteiger partial charge in [0, 0.05) is 19.4 Å². The molecule has 4 rings (SSSR count). The van der Waals surface area contributed by atoms with E-state index in [1.54, 1.807) is 45.0 Å². The van der Waals surface area contributed by atoms with Crippen molar-refractivity contribution in [1.29, 1.82) is 0 Å². The number of carbonyl (C=O) groups is 6. The van der Waals surface area contributed by atoms with Crippen molar-refractivity contribution in [2.75, 3.05) is 19.6 Å². The number of amides is 5. The first-order chi connectivity index (χ1) is 27.3. The minimum atomic E-state index is -1.22. The van der Waals surface area contributed by atoms with Crippen LogP contribution in [0.25, 0.3) is 10.8 Å². The topological polar surface area (TPSA) is 218 Å². The van der Waals surface area contributed by atoms with Gasteiger partial charge in [-0.25, -0.2) is 4.79 Å². The second-order valence-electron chi connectivity index (χ2n) is 16.5. The Morgan fingerprint density at radius 1 is 0.810 bits per heavy atom. The van der Waals surface area contributed by atoms with Crippen molar-refractivity contribution in [1.82, 2.24) is 26.2 Å². The number of carbonyl (C=O) groups excluding carboxylic acids is 5. The largest absolute Gasteiger partial charge is 0.488 e. The third-order valence-electron chi connectivity index (χ3n) is 9.30. The quantitative estimate of drug-likeness (QED) is 0.117. The molecule has 0 bridgehead atoms. The van der Waals surface area contributed by atoms with E-state index in [1.807, 2.05) is 63.2 Å². The molecule has 58 heavy (non-hydrogen) atoms. The van der Waals surface area contributed by atoms with Crippen LogP contribution in [0.1, 0.15) is 78.4 Å². The zero-order chi connectivity index (χ0) is 42.6. The molecule has 4 atom stereocenters. The molecule has 1 heterocycles. The van der Waals surface area contributed by atoms with Gasteiger partial charge in [0.15, 0.2) is 0 Å². The highest BCUT2D eigenvalue weighted by atomic mass is 16.6. The van der Waals surface area contributed by atoms with Gasteiger partial charge in [-0.2, -0.15) is 0 Å². The molecule has 1 fully saturated rings. The van der Waals surface area contributed by atoms with E-state index in [4.69, 9.17) is 20.3 Å². The molecule has 0 radical (unpaired) electrons. The number of likely N-dealkylation sites (tertiary alicyclic amines) is 1. The van der Waals surface area contributed by atoms with Crippen LogP contribution in [-0.2, 0) is 41.6 Å². The van der Waals surface area contributed by atoms with E-state index in [0.717, 1.165) is 16.3 Å². The molecule has 1 aliphatic heterocycles. The molecule has 0 spiro atoms. The predicted octanol–water partition coefficient (Wildman–Crippen LogP) is 3.60. The Morgan fingerprint density at radius 2 is 1.47 bits per heavy atom. The fourth-order valence-corrected chi connectivity index (χ4v) is 6.75. The summed E-state index contributed by atoms with van der Waals surface area (Å²) in [5.41, 5.74) is 6.05. The summed E-state index contributed by atoms with van der Waals surface area (Å²) in [4.78, 5) is 81.4. The van der Waals surface area contributed by atoms with E-state index in [9.17, 15) is 28.8 Å². The first kappa shape index (κ1) is 45.0. The fourth-order valence-electron chi connectivity index (χ4n) is 6.75. The summed E-state index contributed by atoms with van der Waals surface area (Å²) >= 11 is 0. The van der Waals surface area contributed by atoms with Gasteiger partial charge in [-0.15, -0.1) is 0 Å². The summed E-state index contributed by atoms with van der Waals surface area (Å²) in [6.07, 6.45) is 0.564. The number of rotatable bonds is 17. The first-order valence-electron chi connectivity index (χ1n) is 19.7. The van der Waals surface area contributed by atoms with Crippen molar-refractivity contribution in [3.8, 4) is 5.75 Å². The van der Waals surface area contributed by atoms with E-state index in [-0.39, 0.29) is 32.4 Å². The Kier molecular flexibility index (Phi) is 15.6. The summed E-state index contributed by atoms with van der Waals surface area (Å²) < 4.78 is 11.4. The normalized spacial score (nSPS) is 15.8. The number of ether oxygens (including phenoxy) is 2. The Balaban J connectivity index is 1.62. The minimum absolute atomic E-state index is 0.0502. The van der Waals surface area contributed by atoms with Gasteiger partial charge >= 0.3 is 12.1 Å². The molecule has 3 aromatic rings. The maximum atomic E-state index is 14.4. The Labute approximate surface area is 339 Å². The molecular formula is C43H58N6O9. The smallest absolute Gasteiger partial charge is 0.408 e. The second kappa shape index (κ2) is 20.1. The molecule has 5 amide bonds. The Hall–Kier alpha value is -5.70. The number of nitrogens with one attached hydrogen (secondary N) is 4. The summed E-state index contributed by atoms with van der Waals surface area (Å²) in [5.74, 6) is -3.04. The van der Waals surface area contributed by atoms with Crippen molar-refractivity contribution in [3.05, 3.63) is 77.9 Å². The standard InChI is InChI=1S/C43H58N6O9/c1-42(2,3)57-30-20-18-27(19-21-30)24-33(48-41(56)58-43(4,5)6)38(53)46-32(16-10-22-44)37(52)47-34(25-29-14-9-13-28-12-7-8-15-31(28)29)40(55)49-23-11-17-35(49)39(54)45-26-36(50)51/h7-9,12-15,18-21,32-35H,10-11,16-17,22-26,44H2,1-6H3,(H,45,54)(H,46,53)(H,47,52)(H,48,56)(H,50,51)/t32-,33+,34+,35-/m1/s1. The maximum absolute atomic E-state index is 14.4. The fraction of sp³-hybridized carbons (Fsp3) is 0.488. The van der Waals surface area contributed by atoms with E-state index < -0.39 is 77.6 Å².